The highest BCUT2D eigenvalue weighted by Gasteiger charge is 2.00. The lowest BCUT2D eigenvalue weighted by Crippen LogP contribution is -2.21. The Morgan fingerprint density at radius 1 is 1.58 bits per heavy atom. The lowest BCUT2D eigenvalue weighted by atomic mass is 10.4. The molecule has 3 heteroatoms. The molecule has 0 radical (unpaired) electrons. The van der Waals surface area contributed by atoms with Crippen LogP contribution in [0.3, 0.4) is 0 Å². The van der Waals surface area contributed by atoms with Gasteiger partial charge < -0.3 is 14.6 Å². The molecule has 0 bridgehead atoms. The van der Waals surface area contributed by atoms with Crippen LogP contribution in [0.2, 0.25) is 0 Å². The molecule has 1 heterocycles. The molecular formula is C9H16N2O. The highest BCUT2D eigenvalue weighted by Crippen LogP contribution is 2.11. The third-order valence-corrected chi connectivity index (χ3v) is 1.80. The number of rotatable bonds is 5. The molecule has 0 aliphatic carbocycles. The summed E-state index contributed by atoms with van der Waals surface area (Å²) in [5.74, 6) is 0.936. The quantitative estimate of drug-likeness (QED) is 0.672. The lowest BCUT2D eigenvalue weighted by molar-refractivity contribution is 0.550. The molecule has 0 aromatic carbocycles. The van der Waals surface area contributed by atoms with E-state index >= 15 is 0 Å². The van der Waals surface area contributed by atoms with Crippen molar-refractivity contribution in [2.75, 3.05) is 32.1 Å². The second kappa shape index (κ2) is 4.83. The number of hydrogen-bond acceptors (Lipinski definition) is 3. The first-order valence-corrected chi connectivity index (χ1v) is 4.24. The predicted molar refractivity (Wildman–Crippen MR) is 50.5 cm³/mol. The Hall–Kier alpha value is -0.960. The fourth-order valence-electron chi connectivity index (χ4n) is 1.09. The van der Waals surface area contributed by atoms with Crippen molar-refractivity contribution < 1.29 is 4.42 Å². The Kier molecular flexibility index (Phi) is 3.67. The van der Waals surface area contributed by atoms with E-state index in [-0.39, 0.29) is 0 Å². The van der Waals surface area contributed by atoms with E-state index in [0.29, 0.717) is 0 Å². The monoisotopic (exact) mass is 168 g/mol. The molecule has 0 unspecified atom stereocenters. The molecule has 1 aromatic heterocycles. The number of nitrogens with one attached hydrogen (secondary N) is 1. The molecule has 0 amide bonds. The number of furan rings is 1. The van der Waals surface area contributed by atoms with E-state index in [1.54, 1.807) is 6.26 Å². The zero-order valence-corrected chi connectivity index (χ0v) is 7.71. The summed E-state index contributed by atoms with van der Waals surface area (Å²) in [6, 6.07) is 3.88. The van der Waals surface area contributed by atoms with Gasteiger partial charge in [0, 0.05) is 19.7 Å². The summed E-state index contributed by atoms with van der Waals surface area (Å²) >= 11 is 0. The third-order valence-electron chi connectivity index (χ3n) is 1.80. The molecule has 0 spiro atoms. The third kappa shape index (κ3) is 2.58. The molecule has 0 aliphatic heterocycles. The minimum atomic E-state index is 0.936. The van der Waals surface area contributed by atoms with Crippen LogP contribution in [0.5, 0.6) is 0 Å². The van der Waals surface area contributed by atoms with Gasteiger partial charge in [0.1, 0.15) is 0 Å². The number of hydrogen-bond donors (Lipinski definition) is 1. The standard InChI is InChI=1S/C9H16N2O/c1-10-6-4-7-11(2)9-5-3-8-12-9/h3,5,8,10H,4,6-7H2,1-2H3. The average molecular weight is 168 g/mol. The predicted octanol–water partition coefficient (Wildman–Crippen LogP) is 1.33. The minimum Gasteiger partial charge on any atom is -0.449 e. The van der Waals surface area contributed by atoms with Gasteiger partial charge in [-0.1, -0.05) is 0 Å². The van der Waals surface area contributed by atoms with Crippen LogP contribution >= 0.6 is 0 Å². The van der Waals surface area contributed by atoms with Crippen LogP contribution in [-0.4, -0.2) is 27.2 Å². The first kappa shape index (κ1) is 9.13. The maximum absolute atomic E-state index is 5.23. The SMILES string of the molecule is CNCCCN(C)c1ccco1. The molecule has 0 saturated heterocycles. The molecular weight excluding hydrogens is 152 g/mol. The van der Waals surface area contributed by atoms with Crippen molar-refractivity contribution in [1.29, 1.82) is 0 Å². The fraction of sp³-hybridized carbons (Fsp3) is 0.556. The van der Waals surface area contributed by atoms with Crippen molar-refractivity contribution in [3.63, 3.8) is 0 Å². The zero-order chi connectivity index (χ0) is 8.81. The smallest absolute Gasteiger partial charge is 0.194 e. The van der Waals surface area contributed by atoms with Gasteiger partial charge >= 0.3 is 0 Å². The van der Waals surface area contributed by atoms with Crippen molar-refractivity contribution in [2.45, 2.75) is 6.42 Å². The summed E-state index contributed by atoms with van der Waals surface area (Å²) in [5.41, 5.74) is 0. The minimum absolute atomic E-state index is 0.936. The molecule has 0 fully saturated rings. The van der Waals surface area contributed by atoms with E-state index in [1.165, 1.54) is 0 Å². The Labute approximate surface area is 73.4 Å². The number of nitrogens with zero attached hydrogens (tertiary/aromatic N) is 1. The van der Waals surface area contributed by atoms with Crippen LogP contribution in [-0.2, 0) is 0 Å². The van der Waals surface area contributed by atoms with Gasteiger partial charge in [-0.05, 0) is 26.1 Å². The molecule has 12 heavy (non-hydrogen) atoms. The lowest BCUT2D eigenvalue weighted by Gasteiger charge is -2.14. The summed E-state index contributed by atoms with van der Waals surface area (Å²) in [6.07, 6.45) is 2.83. The van der Waals surface area contributed by atoms with E-state index < -0.39 is 0 Å². The summed E-state index contributed by atoms with van der Waals surface area (Å²) in [6.45, 7) is 2.07. The van der Waals surface area contributed by atoms with Crippen LogP contribution < -0.4 is 10.2 Å². The van der Waals surface area contributed by atoms with Gasteiger partial charge in [0.15, 0.2) is 5.88 Å². The van der Waals surface area contributed by atoms with E-state index in [2.05, 4.69) is 10.2 Å². The topological polar surface area (TPSA) is 28.4 Å². The van der Waals surface area contributed by atoms with E-state index in [9.17, 15) is 0 Å². The first-order chi connectivity index (χ1) is 5.84. The van der Waals surface area contributed by atoms with Gasteiger partial charge in [0.2, 0.25) is 0 Å². The van der Waals surface area contributed by atoms with E-state index in [1.807, 2.05) is 26.2 Å². The van der Waals surface area contributed by atoms with Crippen LogP contribution in [0, 0.1) is 0 Å². The van der Waals surface area contributed by atoms with Crippen molar-refractivity contribution in [2.24, 2.45) is 0 Å². The molecule has 68 valence electrons. The van der Waals surface area contributed by atoms with Crippen LogP contribution in [0.15, 0.2) is 22.8 Å². The summed E-state index contributed by atoms with van der Waals surface area (Å²) in [4.78, 5) is 2.11. The van der Waals surface area contributed by atoms with E-state index in [4.69, 9.17) is 4.42 Å². The second-order valence-electron chi connectivity index (χ2n) is 2.83. The van der Waals surface area contributed by atoms with Gasteiger partial charge in [-0.2, -0.15) is 0 Å². The maximum atomic E-state index is 5.23. The molecule has 0 atom stereocenters. The Balaban J connectivity index is 2.25. The van der Waals surface area contributed by atoms with Crippen molar-refractivity contribution in [3.8, 4) is 0 Å². The van der Waals surface area contributed by atoms with Gasteiger partial charge in [0.05, 0.1) is 6.26 Å². The Morgan fingerprint density at radius 3 is 3.00 bits per heavy atom. The fourth-order valence-corrected chi connectivity index (χ4v) is 1.09. The van der Waals surface area contributed by atoms with Crippen molar-refractivity contribution in [1.82, 2.24) is 5.32 Å². The average Bonchev–Trinajstić information content (AvgIpc) is 2.56. The highest BCUT2D eigenvalue weighted by atomic mass is 16.3. The van der Waals surface area contributed by atoms with Crippen molar-refractivity contribution >= 4 is 5.88 Å². The summed E-state index contributed by atoms with van der Waals surface area (Å²) in [5, 5.41) is 3.11. The summed E-state index contributed by atoms with van der Waals surface area (Å²) < 4.78 is 5.23. The summed E-state index contributed by atoms with van der Waals surface area (Å²) in [7, 11) is 4.00. The van der Waals surface area contributed by atoms with Gasteiger partial charge in [0.25, 0.3) is 0 Å². The Morgan fingerprint density at radius 2 is 2.42 bits per heavy atom. The van der Waals surface area contributed by atoms with Gasteiger partial charge in [-0.25, -0.2) is 0 Å². The normalized spacial score (nSPS) is 10.2. The van der Waals surface area contributed by atoms with E-state index in [0.717, 1.165) is 25.4 Å². The van der Waals surface area contributed by atoms with Crippen LogP contribution in [0.25, 0.3) is 0 Å². The molecule has 0 aliphatic rings. The molecule has 1 aromatic rings. The molecule has 3 nitrogen and oxygen atoms in total. The Bertz CT molecular complexity index is 196. The first-order valence-electron chi connectivity index (χ1n) is 4.24. The zero-order valence-electron chi connectivity index (χ0n) is 7.71. The number of anilines is 1. The van der Waals surface area contributed by atoms with Crippen LogP contribution in [0.1, 0.15) is 6.42 Å². The van der Waals surface area contributed by atoms with Crippen LogP contribution in [0.4, 0.5) is 5.88 Å². The largest absolute Gasteiger partial charge is 0.449 e. The molecule has 1 rings (SSSR count). The molecule has 1 N–H and O–H groups in total. The second-order valence-corrected chi connectivity index (χ2v) is 2.83. The highest BCUT2D eigenvalue weighted by molar-refractivity contribution is 5.32. The maximum Gasteiger partial charge on any atom is 0.194 e. The molecule has 0 saturated carbocycles. The van der Waals surface area contributed by atoms with Gasteiger partial charge in [-0.3, -0.25) is 0 Å². The van der Waals surface area contributed by atoms with Gasteiger partial charge in [-0.15, -0.1) is 0 Å². The van der Waals surface area contributed by atoms with Crippen molar-refractivity contribution in [3.05, 3.63) is 18.4 Å².